The van der Waals surface area contributed by atoms with Gasteiger partial charge in [0.25, 0.3) is 0 Å². The molecule has 4 heterocycles. The molecule has 7 atom stereocenters. The van der Waals surface area contributed by atoms with Gasteiger partial charge in [-0.2, -0.15) is 0 Å². The Morgan fingerprint density at radius 1 is 1.36 bits per heavy atom. The Kier molecular flexibility index (Phi) is 7.53. The van der Waals surface area contributed by atoms with E-state index in [9.17, 15) is 14.7 Å². The summed E-state index contributed by atoms with van der Waals surface area (Å²) in [6.07, 6.45) is 10.2. The number of aliphatic hydroxyl groups is 1. The van der Waals surface area contributed by atoms with E-state index in [0.717, 1.165) is 38.0 Å². The fourth-order valence-corrected chi connectivity index (χ4v) is 6.41. The van der Waals surface area contributed by atoms with Crippen LogP contribution in [0.5, 0.6) is 0 Å². The molecule has 1 aliphatic carbocycles. The van der Waals surface area contributed by atoms with Gasteiger partial charge in [-0.15, -0.1) is 0 Å². The molecule has 0 radical (unpaired) electrons. The number of rotatable bonds is 9. The van der Waals surface area contributed by atoms with Gasteiger partial charge in [-0.3, -0.25) is 14.5 Å². The van der Waals surface area contributed by atoms with E-state index in [1.54, 1.807) is 12.5 Å². The quantitative estimate of drug-likeness (QED) is 0.359. The van der Waals surface area contributed by atoms with Crippen molar-refractivity contribution in [1.29, 1.82) is 0 Å². The van der Waals surface area contributed by atoms with Gasteiger partial charge in [-0.05, 0) is 24.7 Å². The molecule has 4 fully saturated rings. The van der Waals surface area contributed by atoms with E-state index in [1.165, 1.54) is 19.3 Å². The number of aromatic nitrogens is 2. The lowest BCUT2D eigenvalue weighted by Crippen LogP contribution is -2.81. The molecule has 4 unspecified atom stereocenters. The van der Waals surface area contributed by atoms with Crippen LogP contribution in [0.3, 0.4) is 0 Å². The van der Waals surface area contributed by atoms with E-state index in [4.69, 9.17) is 11.5 Å². The van der Waals surface area contributed by atoms with Crippen molar-refractivity contribution in [3.8, 4) is 0 Å². The van der Waals surface area contributed by atoms with E-state index in [1.807, 2.05) is 6.92 Å². The molecule has 9 heteroatoms. The van der Waals surface area contributed by atoms with Gasteiger partial charge in [0.15, 0.2) is 5.78 Å². The number of ketones is 1. The summed E-state index contributed by atoms with van der Waals surface area (Å²) in [5, 5.41) is 13.1. The molecule has 1 aromatic rings. The highest BCUT2D eigenvalue weighted by molar-refractivity contribution is 5.91. The van der Waals surface area contributed by atoms with E-state index in [-0.39, 0.29) is 24.0 Å². The molecule has 33 heavy (non-hydrogen) atoms. The van der Waals surface area contributed by atoms with Crippen molar-refractivity contribution in [2.24, 2.45) is 23.3 Å². The first-order valence-electron chi connectivity index (χ1n) is 12.6. The van der Waals surface area contributed by atoms with Crippen molar-refractivity contribution in [2.75, 3.05) is 13.1 Å². The second-order valence-corrected chi connectivity index (χ2v) is 10.4. The zero-order chi connectivity index (χ0) is 23.6. The Balaban J connectivity index is 1.59. The number of Topliss-reactive ketones (excluding diaryl/α,β-unsaturated/α-hetero) is 1. The summed E-state index contributed by atoms with van der Waals surface area (Å²) in [5.74, 6) is 0.403. The van der Waals surface area contributed by atoms with Crippen molar-refractivity contribution >= 4 is 11.7 Å². The molecule has 3 aliphatic heterocycles. The molecular formula is C24H40N6O3. The van der Waals surface area contributed by atoms with Gasteiger partial charge < -0.3 is 26.9 Å². The van der Waals surface area contributed by atoms with Gasteiger partial charge >= 0.3 is 0 Å². The maximum atomic E-state index is 13.7. The molecule has 184 valence electrons. The average molecular weight is 461 g/mol. The summed E-state index contributed by atoms with van der Waals surface area (Å²) in [4.78, 5) is 35.8. The van der Waals surface area contributed by atoms with Crippen molar-refractivity contribution in [1.82, 2.24) is 20.2 Å². The van der Waals surface area contributed by atoms with Gasteiger partial charge in [0.1, 0.15) is 0 Å². The average Bonchev–Trinajstić information content (AvgIpc) is 3.32. The number of H-pyrrole nitrogens is 1. The number of amides is 1. The lowest BCUT2D eigenvalue weighted by atomic mass is 9.59. The summed E-state index contributed by atoms with van der Waals surface area (Å²) >= 11 is 0. The third-order valence-electron chi connectivity index (χ3n) is 8.32. The van der Waals surface area contributed by atoms with Crippen molar-refractivity contribution in [3.63, 3.8) is 0 Å². The lowest BCUT2D eigenvalue weighted by Gasteiger charge is -2.62. The second-order valence-electron chi connectivity index (χ2n) is 10.4. The molecule has 1 saturated carbocycles. The molecule has 1 aromatic heterocycles. The van der Waals surface area contributed by atoms with Crippen LogP contribution in [0.25, 0.3) is 0 Å². The number of carbonyl (C=O) groups is 2. The maximum Gasteiger partial charge on any atom is 0.222 e. The number of piperidine rings is 3. The smallest absolute Gasteiger partial charge is 0.222 e. The summed E-state index contributed by atoms with van der Waals surface area (Å²) in [5.41, 5.74) is 13.7. The molecule has 7 N–H and O–H groups in total. The fourth-order valence-electron chi connectivity index (χ4n) is 6.41. The normalized spacial score (nSPS) is 34.1. The zero-order valence-corrected chi connectivity index (χ0v) is 19.7. The van der Waals surface area contributed by atoms with Crippen molar-refractivity contribution in [2.45, 2.75) is 94.5 Å². The van der Waals surface area contributed by atoms with Crippen LogP contribution in [0.2, 0.25) is 0 Å². The van der Waals surface area contributed by atoms with E-state index >= 15 is 0 Å². The highest BCUT2D eigenvalue weighted by Crippen LogP contribution is 2.46. The van der Waals surface area contributed by atoms with Gasteiger partial charge in [-0.25, -0.2) is 4.98 Å². The van der Waals surface area contributed by atoms with Crippen LogP contribution in [0.15, 0.2) is 12.5 Å². The van der Waals surface area contributed by atoms with Crippen molar-refractivity contribution in [3.05, 3.63) is 18.2 Å². The number of carbonyl (C=O) groups excluding carboxylic acids is 2. The summed E-state index contributed by atoms with van der Waals surface area (Å²) in [7, 11) is 0. The van der Waals surface area contributed by atoms with E-state index < -0.39 is 29.8 Å². The molecule has 0 aromatic carbocycles. The van der Waals surface area contributed by atoms with E-state index in [2.05, 4.69) is 20.2 Å². The molecule has 2 bridgehead atoms. The minimum atomic E-state index is -0.716. The largest absolute Gasteiger partial charge is 0.393 e. The Morgan fingerprint density at radius 2 is 2.12 bits per heavy atom. The van der Waals surface area contributed by atoms with Gasteiger partial charge in [0.05, 0.1) is 37.0 Å². The summed E-state index contributed by atoms with van der Waals surface area (Å²) < 4.78 is 0. The van der Waals surface area contributed by atoms with Crippen LogP contribution in [-0.4, -0.2) is 74.5 Å². The highest BCUT2D eigenvalue weighted by atomic mass is 16.3. The molecule has 3 saturated heterocycles. The molecule has 5 rings (SSSR count). The second kappa shape index (κ2) is 10.2. The predicted molar refractivity (Wildman–Crippen MR) is 125 cm³/mol. The van der Waals surface area contributed by atoms with Gasteiger partial charge in [-0.1, -0.05) is 39.0 Å². The first-order chi connectivity index (χ1) is 15.8. The molecule has 1 amide bonds. The number of aromatic amines is 1. The summed E-state index contributed by atoms with van der Waals surface area (Å²) in [6.45, 7) is 3.35. The number of fused-ring (bicyclic) bond motifs is 3. The minimum absolute atomic E-state index is 0.0122. The number of aliphatic hydroxyl groups excluding tert-OH is 1. The van der Waals surface area contributed by atoms with Gasteiger partial charge in [0.2, 0.25) is 5.91 Å². The standard InChI is InChI=1S/C24H40N6O3/c1-2-17(31)11-20(32)29-23-21(22(33)19(25)10-16-12-27-14-28-16)30-9-8-24(23,26)18(13-30)15-6-4-3-5-7-15/h12,14-15,17-19,21,23,31H,2-11,13,25-26H2,1H3,(H,27,28)(H,29,32)/t17?,18?,19-,21?,23-,24-/m0/s1. The number of nitrogens with zero attached hydrogens (tertiary/aromatic N) is 2. The Morgan fingerprint density at radius 3 is 2.79 bits per heavy atom. The SMILES string of the molecule is CCC(O)CC(=O)N[C@H]1C(C(=O)[C@@H](N)Cc2cnc[nH]2)N2CC[C@]1(N)C(C1CCCCC1)C2. The van der Waals surface area contributed by atoms with Crippen LogP contribution in [0.1, 0.15) is 64.0 Å². The highest BCUT2D eigenvalue weighted by Gasteiger charge is 2.60. The maximum absolute atomic E-state index is 13.7. The molecule has 4 aliphatic rings. The Hall–Kier alpha value is -1.81. The van der Waals surface area contributed by atoms with Crippen LogP contribution >= 0.6 is 0 Å². The van der Waals surface area contributed by atoms with Crippen LogP contribution < -0.4 is 16.8 Å². The van der Waals surface area contributed by atoms with Crippen LogP contribution in [0.4, 0.5) is 0 Å². The molecular weight excluding hydrogens is 420 g/mol. The number of imidazole rings is 1. The minimum Gasteiger partial charge on any atom is -0.393 e. The zero-order valence-electron chi connectivity index (χ0n) is 19.7. The van der Waals surface area contributed by atoms with Gasteiger partial charge in [0, 0.05) is 36.9 Å². The Bertz CT molecular complexity index is 811. The van der Waals surface area contributed by atoms with Crippen molar-refractivity contribution < 1.29 is 14.7 Å². The van der Waals surface area contributed by atoms with Crippen LogP contribution in [0, 0.1) is 11.8 Å². The number of nitrogens with one attached hydrogen (secondary N) is 2. The first-order valence-corrected chi connectivity index (χ1v) is 12.6. The number of hydrogen-bond acceptors (Lipinski definition) is 7. The third-order valence-corrected chi connectivity index (χ3v) is 8.32. The number of hydrogen-bond donors (Lipinski definition) is 5. The van der Waals surface area contributed by atoms with Crippen LogP contribution in [-0.2, 0) is 16.0 Å². The molecule has 0 spiro atoms. The third kappa shape index (κ3) is 5.01. The number of nitrogens with two attached hydrogens (primary N) is 2. The van der Waals surface area contributed by atoms with E-state index in [0.29, 0.717) is 18.8 Å². The fraction of sp³-hybridized carbons (Fsp3) is 0.792. The lowest BCUT2D eigenvalue weighted by molar-refractivity contribution is -0.143. The Labute approximate surface area is 196 Å². The topological polar surface area (TPSA) is 150 Å². The summed E-state index contributed by atoms with van der Waals surface area (Å²) in [6, 6.07) is -1.78. The molecule has 9 nitrogen and oxygen atoms in total. The first kappa shape index (κ1) is 24.3. The predicted octanol–water partition coefficient (Wildman–Crippen LogP) is 0.476. The monoisotopic (exact) mass is 460 g/mol.